The van der Waals surface area contributed by atoms with E-state index in [9.17, 15) is 0 Å². The van der Waals surface area contributed by atoms with Crippen molar-refractivity contribution < 1.29 is 4.74 Å². The number of allylic oxidation sites excluding steroid dienone is 2. The lowest BCUT2D eigenvalue weighted by molar-refractivity contribution is 0.224. The second-order valence-corrected chi connectivity index (χ2v) is 2.08. The summed E-state index contributed by atoms with van der Waals surface area (Å²) in [6.07, 6.45) is 1.07. The van der Waals surface area contributed by atoms with Crippen molar-refractivity contribution in [3.63, 3.8) is 0 Å². The van der Waals surface area contributed by atoms with Gasteiger partial charge in [-0.05, 0) is 20.2 Å². The van der Waals surface area contributed by atoms with E-state index in [1.54, 1.807) is 0 Å². The van der Waals surface area contributed by atoms with E-state index < -0.39 is 0 Å². The third-order valence-electron chi connectivity index (χ3n) is 1.44. The van der Waals surface area contributed by atoms with Crippen molar-refractivity contribution in [2.45, 2.75) is 20.2 Å². The first-order valence-electron chi connectivity index (χ1n) is 2.94. The Bertz CT molecular complexity index is 104. The minimum atomic E-state index is 0.864. The van der Waals surface area contributed by atoms with Crippen LogP contribution in [-0.2, 0) is 4.74 Å². The van der Waals surface area contributed by atoms with Crippen LogP contribution in [0, 0.1) is 0 Å². The molecule has 1 aliphatic rings. The third-order valence-corrected chi connectivity index (χ3v) is 1.44. The van der Waals surface area contributed by atoms with E-state index in [0.29, 0.717) is 0 Å². The predicted octanol–water partition coefficient (Wildman–Crippen LogP) is 1.39. The maximum Gasteiger partial charge on any atom is 0.153 e. The maximum atomic E-state index is 5.24. The van der Waals surface area contributed by atoms with E-state index in [1.165, 1.54) is 5.47 Å². The average Bonchev–Trinajstić information content (AvgIpc) is 1.77. The normalized spacial score (nSPS) is 19.8. The molecular weight excluding hydrogens is 98.9 g/mol. The van der Waals surface area contributed by atoms with Crippen molar-refractivity contribution in [2.75, 3.05) is 6.61 Å². The van der Waals surface area contributed by atoms with Gasteiger partial charge < -0.3 is 4.74 Å². The van der Waals surface area contributed by atoms with Crippen molar-refractivity contribution in [3.05, 3.63) is 11.2 Å². The topological polar surface area (TPSA) is 9.23 Å². The molecule has 0 N–H and O–H groups in total. The summed E-state index contributed by atoms with van der Waals surface area (Å²) in [6.45, 7) is 4.95. The highest BCUT2D eigenvalue weighted by Gasteiger charge is 2.05. The lowest BCUT2D eigenvalue weighted by Gasteiger charge is -2.14. The van der Waals surface area contributed by atoms with Gasteiger partial charge in [0.15, 0.2) is 7.28 Å². The van der Waals surface area contributed by atoms with E-state index in [-0.39, 0.29) is 0 Å². The highest BCUT2D eigenvalue weighted by atomic mass is 16.5. The molecule has 0 saturated carbocycles. The largest absolute Gasteiger partial charge is 0.500 e. The van der Waals surface area contributed by atoms with Gasteiger partial charge in [0.05, 0.1) is 12.4 Å². The summed E-state index contributed by atoms with van der Waals surface area (Å²) in [4.78, 5) is 0. The van der Waals surface area contributed by atoms with Crippen LogP contribution < -0.4 is 0 Å². The first-order valence-corrected chi connectivity index (χ1v) is 2.94. The molecule has 0 bridgehead atoms. The molecule has 8 heavy (non-hydrogen) atoms. The van der Waals surface area contributed by atoms with Crippen molar-refractivity contribution in [3.8, 4) is 0 Å². The molecule has 0 aromatic heterocycles. The predicted molar refractivity (Wildman–Crippen MR) is 34.9 cm³/mol. The molecule has 0 aromatic carbocycles. The molecule has 2 heteroatoms. The standard InChI is InChI=1S/C6H10BO/c1-5-6(2)8-4-3-7-5/h3-4H2,1-2H3. The summed E-state index contributed by atoms with van der Waals surface area (Å²) in [5.41, 5.74) is 1.29. The van der Waals surface area contributed by atoms with Crippen LogP contribution in [0.1, 0.15) is 13.8 Å². The van der Waals surface area contributed by atoms with Crippen LogP contribution in [-0.4, -0.2) is 13.9 Å². The van der Waals surface area contributed by atoms with Crippen molar-refractivity contribution >= 4 is 7.28 Å². The molecule has 1 heterocycles. The zero-order valence-electron chi connectivity index (χ0n) is 5.40. The second-order valence-electron chi connectivity index (χ2n) is 2.08. The summed E-state index contributed by atoms with van der Waals surface area (Å²) < 4.78 is 5.24. The molecule has 0 aliphatic carbocycles. The van der Waals surface area contributed by atoms with Gasteiger partial charge in [0.25, 0.3) is 0 Å². The molecule has 1 rings (SSSR count). The van der Waals surface area contributed by atoms with E-state index >= 15 is 0 Å². The number of rotatable bonds is 0. The molecule has 43 valence electrons. The molecule has 0 atom stereocenters. The van der Waals surface area contributed by atoms with E-state index in [2.05, 4.69) is 14.2 Å². The van der Waals surface area contributed by atoms with Crippen molar-refractivity contribution in [1.29, 1.82) is 0 Å². The Morgan fingerprint density at radius 1 is 1.50 bits per heavy atom. The summed E-state index contributed by atoms with van der Waals surface area (Å²) in [5, 5.41) is 0. The van der Waals surface area contributed by atoms with Gasteiger partial charge in [-0.3, -0.25) is 0 Å². The first kappa shape index (κ1) is 5.74. The van der Waals surface area contributed by atoms with Gasteiger partial charge in [0.2, 0.25) is 0 Å². The Morgan fingerprint density at radius 3 is 2.62 bits per heavy atom. The van der Waals surface area contributed by atoms with Gasteiger partial charge in [0.1, 0.15) is 0 Å². The van der Waals surface area contributed by atoms with Crippen LogP contribution in [0.25, 0.3) is 0 Å². The Labute approximate surface area is 51.0 Å². The Hall–Kier alpha value is -0.395. The zero-order valence-corrected chi connectivity index (χ0v) is 5.40. The van der Waals surface area contributed by atoms with Gasteiger partial charge in [-0.1, -0.05) is 5.47 Å². The highest BCUT2D eigenvalue weighted by molar-refractivity contribution is 6.45. The Kier molecular flexibility index (Phi) is 1.61. The van der Waals surface area contributed by atoms with E-state index in [1.807, 2.05) is 6.92 Å². The van der Waals surface area contributed by atoms with Gasteiger partial charge >= 0.3 is 0 Å². The van der Waals surface area contributed by atoms with Crippen LogP contribution in [0.3, 0.4) is 0 Å². The fraction of sp³-hybridized carbons (Fsp3) is 0.667. The molecule has 0 fully saturated rings. The number of hydrogen-bond acceptors (Lipinski definition) is 1. The van der Waals surface area contributed by atoms with Crippen LogP contribution in [0.15, 0.2) is 11.2 Å². The zero-order chi connectivity index (χ0) is 5.98. The number of ether oxygens (including phenoxy) is 1. The minimum absolute atomic E-state index is 0.864. The van der Waals surface area contributed by atoms with Crippen molar-refractivity contribution in [1.82, 2.24) is 0 Å². The fourth-order valence-electron chi connectivity index (χ4n) is 0.745. The summed E-state index contributed by atoms with van der Waals surface area (Å²) in [7, 11) is 2.21. The quantitative estimate of drug-likeness (QED) is 0.427. The molecule has 0 unspecified atom stereocenters. The van der Waals surface area contributed by atoms with E-state index in [4.69, 9.17) is 4.74 Å². The number of hydrogen-bond donors (Lipinski definition) is 0. The fourth-order valence-corrected chi connectivity index (χ4v) is 0.745. The maximum absolute atomic E-state index is 5.24. The monoisotopic (exact) mass is 109 g/mol. The molecular formula is C6H10BO. The van der Waals surface area contributed by atoms with Crippen LogP contribution in [0.2, 0.25) is 6.32 Å². The summed E-state index contributed by atoms with van der Waals surface area (Å²) >= 11 is 0. The lowest BCUT2D eigenvalue weighted by Crippen LogP contribution is -2.08. The average molecular weight is 109 g/mol. The SMILES string of the molecule is CC1=C(C)OCC[B]1. The third kappa shape index (κ3) is 1.06. The minimum Gasteiger partial charge on any atom is -0.500 e. The molecule has 0 amide bonds. The lowest BCUT2D eigenvalue weighted by atomic mass is 9.66. The highest BCUT2D eigenvalue weighted by Crippen LogP contribution is 2.10. The molecule has 1 radical (unpaired) electrons. The van der Waals surface area contributed by atoms with Gasteiger partial charge in [-0.2, -0.15) is 0 Å². The molecule has 0 spiro atoms. The van der Waals surface area contributed by atoms with Gasteiger partial charge in [-0.25, -0.2) is 0 Å². The molecule has 0 saturated heterocycles. The Morgan fingerprint density at radius 2 is 2.25 bits per heavy atom. The smallest absolute Gasteiger partial charge is 0.153 e. The van der Waals surface area contributed by atoms with Crippen LogP contribution >= 0.6 is 0 Å². The summed E-state index contributed by atoms with van der Waals surface area (Å²) in [6, 6.07) is 0. The second kappa shape index (κ2) is 2.25. The Balaban J connectivity index is 2.60. The molecule has 1 nitrogen and oxygen atoms in total. The molecule has 1 aliphatic heterocycles. The van der Waals surface area contributed by atoms with E-state index in [0.717, 1.165) is 18.7 Å². The van der Waals surface area contributed by atoms with Gasteiger partial charge in [0, 0.05) is 0 Å². The van der Waals surface area contributed by atoms with Crippen LogP contribution in [0.4, 0.5) is 0 Å². The first-order chi connectivity index (χ1) is 3.80. The summed E-state index contributed by atoms with van der Waals surface area (Å²) in [5.74, 6) is 1.08. The molecule has 0 aromatic rings. The van der Waals surface area contributed by atoms with Crippen LogP contribution in [0.5, 0.6) is 0 Å². The van der Waals surface area contributed by atoms with Crippen molar-refractivity contribution in [2.24, 2.45) is 0 Å². The van der Waals surface area contributed by atoms with Gasteiger partial charge in [-0.15, -0.1) is 0 Å².